The summed E-state index contributed by atoms with van der Waals surface area (Å²) in [5.74, 6) is 0. The third kappa shape index (κ3) is 7.59. The van der Waals surface area contributed by atoms with Gasteiger partial charge in [-0.1, -0.05) is 31.1 Å². The highest BCUT2D eigenvalue weighted by Gasteiger charge is 1.86. The summed E-state index contributed by atoms with van der Waals surface area (Å²) in [5.41, 5.74) is 1.53. The van der Waals surface area contributed by atoms with Crippen LogP contribution in [0.3, 0.4) is 0 Å². The molecule has 0 rings (SSSR count). The Morgan fingerprint density at radius 2 is 1.83 bits per heavy atom. The maximum absolute atomic E-state index is 3.71. The Morgan fingerprint density at radius 3 is 2.42 bits per heavy atom. The Kier molecular flexibility index (Phi) is 8.20. The topological polar surface area (TPSA) is 0 Å². The summed E-state index contributed by atoms with van der Waals surface area (Å²) in [6.45, 7) is 8.13. The first kappa shape index (κ1) is 11.5. The first-order valence-corrected chi connectivity index (χ1v) is 5.07. The average Bonchev–Trinajstić information content (AvgIpc) is 2.10. The molecule has 0 aliphatic carbocycles. The van der Waals surface area contributed by atoms with E-state index in [1.54, 1.807) is 0 Å². The quantitative estimate of drug-likeness (QED) is 0.386. The predicted molar refractivity (Wildman–Crippen MR) is 57.3 cm³/mol. The van der Waals surface area contributed by atoms with Crippen LogP contribution in [0.4, 0.5) is 0 Å². The Hall–Kier alpha value is -0.520. The highest BCUT2D eigenvalue weighted by atomic mass is 13.9. The van der Waals surface area contributed by atoms with Gasteiger partial charge in [-0.3, -0.25) is 0 Å². The molecule has 0 spiro atoms. The van der Waals surface area contributed by atoms with Crippen molar-refractivity contribution < 1.29 is 0 Å². The summed E-state index contributed by atoms with van der Waals surface area (Å²) in [7, 11) is 0. The zero-order valence-corrected chi connectivity index (χ0v) is 8.60. The Morgan fingerprint density at radius 1 is 1.17 bits per heavy atom. The van der Waals surface area contributed by atoms with Crippen molar-refractivity contribution in [3.63, 3.8) is 0 Å². The fourth-order valence-corrected chi connectivity index (χ4v) is 1.10. The second-order valence-electron chi connectivity index (χ2n) is 3.33. The Balaban J connectivity index is 3.15. The highest BCUT2D eigenvalue weighted by molar-refractivity contribution is 4.96. The average molecular weight is 166 g/mol. The Labute approximate surface area is 77.4 Å². The van der Waals surface area contributed by atoms with Crippen molar-refractivity contribution in [2.75, 3.05) is 0 Å². The minimum Gasteiger partial charge on any atom is -0.103 e. The molecule has 0 aliphatic rings. The molecular formula is C12H22. The highest BCUT2D eigenvalue weighted by Crippen LogP contribution is 2.07. The molecule has 0 saturated heterocycles. The molecule has 0 aromatic carbocycles. The van der Waals surface area contributed by atoms with Crippen LogP contribution in [-0.2, 0) is 0 Å². The molecule has 0 fully saturated rings. The van der Waals surface area contributed by atoms with Gasteiger partial charge in [0.05, 0.1) is 0 Å². The van der Waals surface area contributed by atoms with Crippen molar-refractivity contribution in [1.29, 1.82) is 0 Å². The summed E-state index contributed by atoms with van der Waals surface area (Å²) in [4.78, 5) is 0. The van der Waals surface area contributed by atoms with Gasteiger partial charge >= 0.3 is 0 Å². The van der Waals surface area contributed by atoms with Crippen LogP contribution in [0.25, 0.3) is 0 Å². The van der Waals surface area contributed by atoms with E-state index in [0.717, 1.165) is 0 Å². The number of hydrogen-bond acceptors (Lipinski definition) is 0. The molecule has 0 aliphatic heterocycles. The number of allylic oxidation sites excluding steroid dienone is 3. The molecule has 0 aromatic rings. The molecule has 0 aromatic heterocycles. The largest absolute Gasteiger partial charge is 0.103 e. The third-order valence-corrected chi connectivity index (χ3v) is 2.16. The van der Waals surface area contributed by atoms with Crippen LogP contribution in [0.1, 0.15) is 52.4 Å². The van der Waals surface area contributed by atoms with Gasteiger partial charge < -0.3 is 0 Å². The fraction of sp³-hybridized carbons (Fsp3) is 0.667. The molecule has 0 heterocycles. The molecule has 0 heteroatoms. The van der Waals surface area contributed by atoms with E-state index in [2.05, 4.69) is 26.5 Å². The van der Waals surface area contributed by atoms with Crippen LogP contribution in [0, 0.1) is 0 Å². The monoisotopic (exact) mass is 166 g/mol. The van der Waals surface area contributed by atoms with E-state index in [0.29, 0.717) is 0 Å². The Bertz CT molecular complexity index is 131. The van der Waals surface area contributed by atoms with Crippen LogP contribution in [0.15, 0.2) is 24.3 Å². The van der Waals surface area contributed by atoms with E-state index in [1.165, 1.54) is 44.1 Å². The van der Waals surface area contributed by atoms with Gasteiger partial charge in [0.1, 0.15) is 0 Å². The predicted octanol–water partition coefficient (Wildman–Crippen LogP) is 4.48. The van der Waals surface area contributed by atoms with Gasteiger partial charge in [0, 0.05) is 0 Å². The van der Waals surface area contributed by atoms with E-state index in [1.807, 2.05) is 6.08 Å². The molecule has 0 radical (unpaired) electrons. The van der Waals surface area contributed by atoms with E-state index < -0.39 is 0 Å². The maximum atomic E-state index is 3.71. The van der Waals surface area contributed by atoms with Crippen LogP contribution in [-0.4, -0.2) is 0 Å². The lowest BCUT2D eigenvalue weighted by molar-refractivity contribution is 0.694. The van der Waals surface area contributed by atoms with E-state index >= 15 is 0 Å². The van der Waals surface area contributed by atoms with Gasteiger partial charge in [-0.15, -0.1) is 6.58 Å². The lowest BCUT2D eigenvalue weighted by Crippen LogP contribution is -1.76. The third-order valence-electron chi connectivity index (χ3n) is 2.16. The molecule has 12 heavy (non-hydrogen) atoms. The van der Waals surface area contributed by atoms with Crippen molar-refractivity contribution in [2.45, 2.75) is 52.4 Å². The number of rotatable bonds is 7. The summed E-state index contributed by atoms with van der Waals surface area (Å²) >= 11 is 0. The number of hydrogen-bond donors (Lipinski definition) is 0. The molecular weight excluding hydrogens is 144 g/mol. The first-order valence-electron chi connectivity index (χ1n) is 5.07. The van der Waals surface area contributed by atoms with Crippen molar-refractivity contribution in [3.05, 3.63) is 24.3 Å². The van der Waals surface area contributed by atoms with Crippen molar-refractivity contribution >= 4 is 0 Å². The standard InChI is InChI=1S/C12H22/c1-4-6-7-8-9-10-11-12(3)5-2/h4,11H,1,5-10H2,2-3H3. The molecule has 0 saturated carbocycles. The fourth-order valence-electron chi connectivity index (χ4n) is 1.10. The SMILES string of the molecule is C=CCCCCCC=C(C)CC. The lowest BCUT2D eigenvalue weighted by Gasteiger charge is -1.97. The summed E-state index contributed by atoms with van der Waals surface area (Å²) in [6.07, 6.45) is 12.0. The van der Waals surface area contributed by atoms with E-state index in [-0.39, 0.29) is 0 Å². The first-order chi connectivity index (χ1) is 5.81. The maximum Gasteiger partial charge on any atom is -0.0348 e. The second-order valence-corrected chi connectivity index (χ2v) is 3.33. The summed E-state index contributed by atoms with van der Waals surface area (Å²) in [6, 6.07) is 0. The van der Waals surface area contributed by atoms with E-state index in [9.17, 15) is 0 Å². The van der Waals surface area contributed by atoms with Crippen molar-refractivity contribution in [3.8, 4) is 0 Å². The molecule has 70 valence electrons. The van der Waals surface area contributed by atoms with Gasteiger partial charge in [-0.2, -0.15) is 0 Å². The summed E-state index contributed by atoms with van der Waals surface area (Å²) < 4.78 is 0. The van der Waals surface area contributed by atoms with Gasteiger partial charge in [0.2, 0.25) is 0 Å². The minimum atomic E-state index is 1.18. The molecule has 0 N–H and O–H groups in total. The number of unbranched alkanes of at least 4 members (excludes halogenated alkanes) is 4. The van der Waals surface area contributed by atoms with Crippen LogP contribution in [0.5, 0.6) is 0 Å². The zero-order valence-electron chi connectivity index (χ0n) is 8.60. The van der Waals surface area contributed by atoms with Gasteiger partial charge in [-0.25, -0.2) is 0 Å². The van der Waals surface area contributed by atoms with Gasteiger partial charge in [-0.05, 0) is 39.0 Å². The smallest absolute Gasteiger partial charge is 0.0348 e. The van der Waals surface area contributed by atoms with Crippen molar-refractivity contribution in [2.24, 2.45) is 0 Å². The van der Waals surface area contributed by atoms with E-state index in [4.69, 9.17) is 0 Å². The van der Waals surface area contributed by atoms with Gasteiger partial charge in [0.25, 0.3) is 0 Å². The molecule has 0 amide bonds. The van der Waals surface area contributed by atoms with Crippen LogP contribution >= 0.6 is 0 Å². The minimum absolute atomic E-state index is 1.18. The lowest BCUT2D eigenvalue weighted by atomic mass is 10.1. The molecule has 0 atom stereocenters. The second kappa shape index (κ2) is 8.58. The van der Waals surface area contributed by atoms with Crippen molar-refractivity contribution in [1.82, 2.24) is 0 Å². The molecule has 0 nitrogen and oxygen atoms in total. The zero-order chi connectivity index (χ0) is 9.23. The van der Waals surface area contributed by atoms with Gasteiger partial charge in [0.15, 0.2) is 0 Å². The summed E-state index contributed by atoms with van der Waals surface area (Å²) in [5, 5.41) is 0. The van der Waals surface area contributed by atoms with Crippen LogP contribution in [0.2, 0.25) is 0 Å². The van der Waals surface area contributed by atoms with Crippen LogP contribution < -0.4 is 0 Å². The molecule has 0 bridgehead atoms. The molecule has 0 unspecified atom stereocenters. The normalized spacial score (nSPS) is 11.7.